The monoisotopic (exact) mass is 443 g/mol. The zero-order valence-corrected chi connectivity index (χ0v) is 16.4. The van der Waals surface area contributed by atoms with Crippen LogP contribution in [0.25, 0.3) is 16.7 Å². The molecule has 152 valence electrons. The van der Waals surface area contributed by atoms with Gasteiger partial charge in [-0.3, -0.25) is 4.79 Å². The van der Waals surface area contributed by atoms with Crippen LogP contribution in [0.5, 0.6) is 0 Å². The number of carbonyl (C=O) groups is 1. The molecule has 0 bridgehead atoms. The van der Waals surface area contributed by atoms with Crippen molar-refractivity contribution in [2.75, 3.05) is 19.7 Å². The smallest absolute Gasteiger partial charge is 0.387 e. The highest BCUT2D eigenvalue weighted by atomic mass is 35.5. The predicted octanol–water partition coefficient (Wildman–Crippen LogP) is 4.00. The number of fused-ring (bicyclic) bond motifs is 2. The summed E-state index contributed by atoms with van der Waals surface area (Å²) in [4.78, 5) is 20.4. The first-order valence-corrected chi connectivity index (χ1v) is 9.46. The molecule has 1 aromatic heterocycles. The molecule has 1 aromatic carbocycles. The summed E-state index contributed by atoms with van der Waals surface area (Å²) in [7, 11) is 0. The minimum atomic E-state index is -4.64. The maximum atomic E-state index is 12.8. The van der Waals surface area contributed by atoms with Crippen LogP contribution < -0.4 is 0 Å². The van der Waals surface area contributed by atoms with Crippen molar-refractivity contribution in [1.82, 2.24) is 14.9 Å². The molecule has 2 aliphatic rings. The van der Waals surface area contributed by atoms with Gasteiger partial charge >= 0.3 is 6.18 Å². The molecule has 4 rings (SSSR count). The van der Waals surface area contributed by atoms with Crippen molar-refractivity contribution in [3.05, 3.63) is 51.0 Å². The molecular weight excluding hydrogens is 430 g/mol. The van der Waals surface area contributed by atoms with Gasteiger partial charge in [0.05, 0.1) is 10.0 Å². The zero-order chi connectivity index (χ0) is 20.9. The summed E-state index contributed by atoms with van der Waals surface area (Å²) in [6, 6.07) is 1.58. The fraction of sp³-hybridized carbons (Fsp3) is 0.316. The standard InChI is InChI=1S/C19H14Cl2F3N3O2/c20-14-4-11(10-5-25-18(26-6-10)19(22,23)24)16-12(17(14)21)3-9-1-2-27(7-13(9)16)15(29)8-28/h4-6,28H,1-3,7-8H2. The molecule has 1 aliphatic heterocycles. The normalized spacial score (nSPS) is 16.1. The highest BCUT2D eigenvalue weighted by Gasteiger charge is 2.35. The summed E-state index contributed by atoms with van der Waals surface area (Å²) in [5.74, 6) is -1.61. The quantitative estimate of drug-likeness (QED) is 0.761. The Morgan fingerprint density at radius 3 is 2.55 bits per heavy atom. The van der Waals surface area contributed by atoms with E-state index >= 15 is 0 Å². The number of benzene rings is 1. The molecule has 0 atom stereocenters. The predicted molar refractivity (Wildman–Crippen MR) is 101 cm³/mol. The highest BCUT2D eigenvalue weighted by Crippen LogP contribution is 2.47. The molecule has 29 heavy (non-hydrogen) atoms. The van der Waals surface area contributed by atoms with Gasteiger partial charge in [0.1, 0.15) is 6.61 Å². The van der Waals surface area contributed by atoms with E-state index in [0.717, 1.165) is 34.7 Å². The van der Waals surface area contributed by atoms with E-state index in [-0.39, 0.29) is 17.5 Å². The summed E-state index contributed by atoms with van der Waals surface area (Å²) < 4.78 is 38.4. The second-order valence-electron chi connectivity index (χ2n) is 6.85. The molecule has 2 heterocycles. The Morgan fingerprint density at radius 1 is 1.24 bits per heavy atom. The molecule has 10 heteroatoms. The molecule has 1 aliphatic carbocycles. The molecule has 0 unspecified atom stereocenters. The second kappa shape index (κ2) is 7.27. The second-order valence-corrected chi connectivity index (χ2v) is 7.63. The van der Waals surface area contributed by atoms with Crippen LogP contribution in [0.2, 0.25) is 10.0 Å². The summed E-state index contributed by atoms with van der Waals surface area (Å²) >= 11 is 12.7. The van der Waals surface area contributed by atoms with Crippen LogP contribution in [-0.2, 0) is 17.4 Å². The van der Waals surface area contributed by atoms with Gasteiger partial charge in [0, 0.05) is 31.0 Å². The number of nitrogens with zero attached hydrogens (tertiary/aromatic N) is 3. The van der Waals surface area contributed by atoms with E-state index in [2.05, 4.69) is 9.97 Å². The number of aromatic nitrogens is 2. The van der Waals surface area contributed by atoms with Crippen LogP contribution in [-0.4, -0.2) is 45.6 Å². The Hall–Kier alpha value is -2.16. The van der Waals surface area contributed by atoms with Crippen molar-refractivity contribution in [2.24, 2.45) is 0 Å². The van der Waals surface area contributed by atoms with E-state index < -0.39 is 18.6 Å². The van der Waals surface area contributed by atoms with Crippen LogP contribution in [0.3, 0.4) is 0 Å². The van der Waals surface area contributed by atoms with E-state index in [1.165, 1.54) is 0 Å². The Balaban J connectivity index is 1.82. The third-order valence-corrected chi connectivity index (χ3v) is 6.00. The molecular formula is C19H14Cl2F3N3O2. The average molecular weight is 444 g/mol. The SMILES string of the molecule is O=C(CO)N1CCC2=C(C1)c1c(-c3cnc(C(F)(F)F)nc3)cc(Cl)c(Cl)c1C2. The van der Waals surface area contributed by atoms with Gasteiger partial charge in [0.25, 0.3) is 0 Å². The molecule has 0 saturated heterocycles. The van der Waals surface area contributed by atoms with Gasteiger partial charge in [0.2, 0.25) is 11.7 Å². The first kappa shape index (κ1) is 20.1. The maximum Gasteiger partial charge on any atom is 0.451 e. The first-order chi connectivity index (χ1) is 13.7. The van der Waals surface area contributed by atoms with Gasteiger partial charge in [-0.1, -0.05) is 28.8 Å². The Kier molecular flexibility index (Phi) is 5.04. The summed E-state index contributed by atoms with van der Waals surface area (Å²) in [6.07, 6.45) is -1.25. The highest BCUT2D eigenvalue weighted by molar-refractivity contribution is 6.43. The van der Waals surface area contributed by atoms with Crippen molar-refractivity contribution in [3.8, 4) is 11.1 Å². The van der Waals surface area contributed by atoms with Gasteiger partial charge in [-0.2, -0.15) is 13.2 Å². The summed E-state index contributed by atoms with van der Waals surface area (Å²) in [5, 5.41) is 9.84. The van der Waals surface area contributed by atoms with Gasteiger partial charge in [0.15, 0.2) is 0 Å². The fourth-order valence-electron chi connectivity index (χ4n) is 3.81. The van der Waals surface area contributed by atoms with Gasteiger partial charge in [-0.25, -0.2) is 9.97 Å². The lowest BCUT2D eigenvalue weighted by molar-refractivity contribution is -0.145. The van der Waals surface area contributed by atoms with Crippen molar-refractivity contribution in [2.45, 2.75) is 19.0 Å². The topological polar surface area (TPSA) is 66.3 Å². The lowest BCUT2D eigenvalue weighted by Crippen LogP contribution is -2.37. The lowest BCUT2D eigenvalue weighted by atomic mass is 9.93. The molecule has 1 amide bonds. The molecule has 0 radical (unpaired) electrons. The number of halogens is 5. The van der Waals surface area contributed by atoms with Crippen LogP contribution in [0.4, 0.5) is 13.2 Å². The molecule has 5 nitrogen and oxygen atoms in total. The largest absolute Gasteiger partial charge is 0.451 e. The number of aliphatic hydroxyl groups excluding tert-OH is 1. The van der Waals surface area contributed by atoms with E-state index in [0.29, 0.717) is 35.5 Å². The maximum absolute atomic E-state index is 12.8. The van der Waals surface area contributed by atoms with E-state index in [1.807, 2.05) is 0 Å². The van der Waals surface area contributed by atoms with Gasteiger partial charge < -0.3 is 10.0 Å². The first-order valence-electron chi connectivity index (χ1n) is 8.71. The van der Waals surface area contributed by atoms with Crippen LogP contribution in [0.1, 0.15) is 23.4 Å². The van der Waals surface area contributed by atoms with Crippen LogP contribution in [0.15, 0.2) is 24.0 Å². The number of rotatable bonds is 2. The lowest BCUT2D eigenvalue weighted by Gasteiger charge is -2.29. The van der Waals surface area contributed by atoms with E-state index in [1.54, 1.807) is 11.0 Å². The number of amides is 1. The van der Waals surface area contributed by atoms with Crippen molar-refractivity contribution >= 4 is 34.7 Å². The van der Waals surface area contributed by atoms with Crippen molar-refractivity contribution < 1.29 is 23.1 Å². The van der Waals surface area contributed by atoms with Crippen LogP contribution >= 0.6 is 23.2 Å². The number of hydrogen-bond donors (Lipinski definition) is 1. The Labute approximate surface area is 173 Å². The van der Waals surface area contributed by atoms with E-state index in [4.69, 9.17) is 23.2 Å². The number of carbonyl (C=O) groups excluding carboxylic acids is 1. The number of aliphatic hydroxyl groups is 1. The van der Waals surface area contributed by atoms with Crippen molar-refractivity contribution in [3.63, 3.8) is 0 Å². The Bertz CT molecular complexity index is 1040. The molecule has 0 saturated carbocycles. The molecule has 0 spiro atoms. The minimum absolute atomic E-state index is 0.281. The average Bonchev–Trinajstić information content (AvgIpc) is 3.08. The summed E-state index contributed by atoms with van der Waals surface area (Å²) in [6.45, 7) is 0.181. The zero-order valence-electron chi connectivity index (χ0n) is 14.9. The summed E-state index contributed by atoms with van der Waals surface area (Å²) in [5.41, 5.74) is 4.42. The van der Waals surface area contributed by atoms with Crippen LogP contribution in [0, 0.1) is 0 Å². The van der Waals surface area contributed by atoms with E-state index in [9.17, 15) is 23.1 Å². The Morgan fingerprint density at radius 2 is 1.93 bits per heavy atom. The number of hydrogen-bond acceptors (Lipinski definition) is 4. The third kappa shape index (κ3) is 3.49. The van der Waals surface area contributed by atoms with Gasteiger partial charge in [-0.15, -0.1) is 0 Å². The fourth-order valence-corrected chi connectivity index (χ4v) is 4.25. The number of alkyl halides is 3. The van der Waals surface area contributed by atoms with Gasteiger partial charge in [-0.05, 0) is 41.2 Å². The molecule has 1 N–H and O–H groups in total. The third-order valence-electron chi connectivity index (χ3n) is 5.17. The minimum Gasteiger partial charge on any atom is -0.387 e. The van der Waals surface area contributed by atoms with Crippen molar-refractivity contribution in [1.29, 1.82) is 0 Å². The molecule has 0 fully saturated rings. The molecule has 2 aromatic rings.